The highest BCUT2D eigenvalue weighted by Crippen LogP contribution is 2.37. The van der Waals surface area contributed by atoms with Crippen molar-refractivity contribution in [2.45, 2.75) is 16.6 Å². The molecule has 2 aromatic carbocycles. The molecule has 1 unspecified atom stereocenters. The van der Waals surface area contributed by atoms with Gasteiger partial charge in [0.1, 0.15) is 5.82 Å². The lowest BCUT2D eigenvalue weighted by Crippen LogP contribution is -2.03. The van der Waals surface area contributed by atoms with E-state index in [0.717, 1.165) is 10.5 Å². The Morgan fingerprint density at radius 3 is 2.32 bits per heavy atom. The fourth-order valence-electron chi connectivity index (χ4n) is 1.73. The summed E-state index contributed by atoms with van der Waals surface area (Å²) in [5, 5.41) is 8.82. The first-order valence-corrected chi connectivity index (χ1v) is 6.72. The van der Waals surface area contributed by atoms with Gasteiger partial charge in [0.25, 0.3) is 0 Å². The first-order chi connectivity index (χ1) is 9.15. The van der Waals surface area contributed by atoms with Gasteiger partial charge in [-0.3, -0.25) is 4.79 Å². The largest absolute Gasteiger partial charge is 0.481 e. The predicted octanol–water partition coefficient (Wildman–Crippen LogP) is 4.13. The summed E-state index contributed by atoms with van der Waals surface area (Å²) in [5.74, 6) is -1.14. The number of carboxylic acids is 1. The smallest absolute Gasteiger partial charge is 0.304 e. The summed E-state index contributed by atoms with van der Waals surface area (Å²) in [7, 11) is 0. The Balaban J connectivity index is 2.19. The molecule has 0 saturated carbocycles. The van der Waals surface area contributed by atoms with Crippen LogP contribution in [0, 0.1) is 5.82 Å². The maximum atomic E-state index is 12.9. The number of rotatable bonds is 5. The molecule has 0 fully saturated rings. The zero-order valence-corrected chi connectivity index (χ0v) is 10.9. The maximum absolute atomic E-state index is 12.9. The van der Waals surface area contributed by atoms with Crippen LogP contribution >= 0.6 is 11.8 Å². The lowest BCUT2D eigenvalue weighted by molar-refractivity contribution is -0.137. The minimum absolute atomic E-state index is 0.0338. The maximum Gasteiger partial charge on any atom is 0.304 e. The predicted molar refractivity (Wildman–Crippen MR) is 73.7 cm³/mol. The molecular formula is C15H13FO2S. The van der Waals surface area contributed by atoms with Crippen LogP contribution in [0.2, 0.25) is 0 Å². The number of carboxylic acid groups (broad SMARTS) is 1. The zero-order chi connectivity index (χ0) is 13.7. The van der Waals surface area contributed by atoms with Crippen molar-refractivity contribution in [3.05, 3.63) is 66.0 Å². The van der Waals surface area contributed by atoms with Gasteiger partial charge in [-0.1, -0.05) is 30.3 Å². The molecule has 0 aliphatic rings. The Hall–Kier alpha value is -1.81. The van der Waals surface area contributed by atoms with Crippen molar-refractivity contribution in [2.75, 3.05) is 0 Å². The quantitative estimate of drug-likeness (QED) is 0.834. The molecule has 2 nitrogen and oxygen atoms in total. The molecule has 0 bridgehead atoms. The summed E-state index contributed by atoms with van der Waals surface area (Å²) in [6.45, 7) is 0. The molecule has 0 radical (unpaired) electrons. The van der Waals surface area contributed by atoms with E-state index in [-0.39, 0.29) is 17.5 Å². The summed E-state index contributed by atoms with van der Waals surface area (Å²) >= 11 is 1.43. The number of carbonyl (C=O) groups is 1. The molecular weight excluding hydrogens is 263 g/mol. The van der Waals surface area contributed by atoms with Gasteiger partial charge in [-0.15, -0.1) is 11.8 Å². The second-order valence-electron chi connectivity index (χ2n) is 4.07. The molecule has 0 heterocycles. The van der Waals surface area contributed by atoms with Gasteiger partial charge < -0.3 is 5.11 Å². The molecule has 0 aliphatic heterocycles. The fraction of sp³-hybridized carbons (Fsp3) is 0.133. The molecule has 19 heavy (non-hydrogen) atoms. The van der Waals surface area contributed by atoms with Gasteiger partial charge in [0.15, 0.2) is 0 Å². The first kappa shape index (κ1) is 13.6. The third kappa shape index (κ3) is 4.10. The lowest BCUT2D eigenvalue weighted by atomic mass is 10.1. The van der Waals surface area contributed by atoms with Gasteiger partial charge in [0.05, 0.1) is 6.42 Å². The first-order valence-electron chi connectivity index (χ1n) is 5.84. The van der Waals surface area contributed by atoms with E-state index in [1.54, 1.807) is 12.1 Å². The van der Waals surface area contributed by atoms with Crippen molar-refractivity contribution in [1.82, 2.24) is 0 Å². The summed E-state index contributed by atoms with van der Waals surface area (Å²) in [6.07, 6.45) is 0.0338. The number of hydrogen-bond donors (Lipinski definition) is 1. The Morgan fingerprint density at radius 1 is 1.11 bits per heavy atom. The number of aliphatic carboxylic acids is 1. The van der Waals surface area contributed by atoms with Crippen LogP contribution in [-0.2, 0) is 4.79 Å². The van der Waals surface area contributed by atoms with Gasteiger partial charge in [0.2, 0.25) is 0 Å². The molecule has 2 aromatic rings. The molecule has 0 saturated heterocycles. The lowest BCUT2D eigenvalue weighted by Gasteiger charge is -2.15. The van der Waals surface area contributed by atoms with Crippen LogP contribution in [0.25, 0.3) is 0 Å². The number of thioether (sulfide) groups is 1. The number of halogens is 1. The molecule has 1 atom stereocenters. The van der Waals surface area contributed by atoms with Crippen molar-refractivity contribution in [2.24, 2.45) is 0 Å². The molecule has 1 N–H and O–H groups in total. The van der Waals surface area contributed by atoms with Crippen LogP contribution in [0.3, 0.4) is 0 Å². The molecule has 98 valence electrons. The molecule has 0 amide bonds. The van der Waals surface area contributed by atoms with E-state index < -0.39 is 5.97 Å². The molecule has 0 spiro atoms. The van der Waals surface area contributed by atoms with Crippen molar-refractivity contribution >= 4 is 17.7 Å². The third-order valence-electron chi connectivity index (χ3n) is 2.62. The van der Waals surface area contributed by atoms with E-state index in [2.05, 4.69) is 0 Å². The van der Waals surface area contributed by atoms with Crippen LogP contribution in [-0.4, -0.2) is 11.1 Å². The van der Waals surface area contributed by atoms with Gasteiger partial charge in [-0.25, -0.2) is 4.39 Å². The molecule has 2 rings (SSSR count). The monoisotopic (exact) mass is 276 g/mol. The third-order valence-corrected chi connectivity index (χ3v) is 3.89. The topological polar surface area (TPSA) is 37.3 Å². The van der Waals surface area contributed by atoms with Gasteiger partial charge in [0, 0.05) is 10.1 Å². The molecule has 0 aromatic heterocycles. The number of hydrogen-bond acceptors (Lipinski definition) is 2. The van der Waals surface area contributed by atoms with Crippen LogP contribution in [0.15, 0.2) is 59.5 Å². The Bertz CT molecular complexity index is 540. The van der Waals surface area contributed by atoms with Crippen LogP contribution in [0.1, 0.15) is 17.2 Å². The highest BCUT2D eigenvalue weighted by Gasteiger charge is 2.16. The van der Waals surface area contributed by atoms with Crippen LogP contribution < -0.4 is 0 Å². The standard InChI is InChI=1S/C15H13FO2S/c16-12-6-8-13(9-7-12)19-14(10-15(17)18)11-4-2-1-3-5-11/h1-9,14H,10H2,(H,17,18). The zero-order valence-electron chi connectivity index (χ0n) is 10.1. The van der Waals surface area contributed by atoms with Gasteiger partial charge >= 0.3 is 5.97 Å². The van der Waals surface area contributed by atoms with Crippen LogP contribution in [0.4, 0.5) is 4.39 Å². The Labute approximate surface area is 115 Å². The fourth-order valence-corrected chi connectivity index (χ4v) is 2.87. The minimum atomic E-state index is -0.844. The Morgan fingerprint density at radius 2 is 1.74 bits per heavy atom. The number of benzene rings is 2. The second-order valence-corrected chi connectivity index (χ2v) is 5.35. The average molecular weight is 276 g/mol. The van der Waals surface area contributed by atoms with E-state index in [4.69, 9.17) is 5.11 Å². The summed E-state index contributed by atoms with van der Waals surface area (Å²) in [4.78, 5) is 11.8. The van der Waals surface area contributed by atoms with Gasteiger partial charge in [-0.05, 0) is 29.8 Å². The highest BCUT2D eigenvalue weighted by atomic mass is 32.2. The average Bonchev–Trinajstić information content (AvgIpc) is 2.41. The van der Waals surface area contributed by atoms with E-state index in [9.17, 15) is 9.18 Å². The van der Waals surface area contributed by atoms with Crippen molar-refractivity contribution in [3.63, 3.8) is 0 Å². The van der Waals surface area contributed by atoms with E-state index in [1.807, 2.05) is 30.3 Å². The highest BCUT2D eigenvalue weighted by molar-refractivity contribution is 7.99. The molecule has 4 heteroatoms. The molecule has 0 aliphatic carbocycles. The Kier molecular flexibility index (Phi) is 4.58. The van der Waals surface area contributed by atoms with E-state index in [0.29, 0.717) is 0 Å². The van der Waals surface area contributed by atoms with Crippen molar-refractivity contribution in [1.29, 1.82) is 0 Å². The van der Waals surface area contributed by atoms with Crippen molar-refractivity contribution < 1.29 is 14.3 Å². The normalized spacial score (nSPS) is 12.1. The minimum Gasteiger partial charge on any atom is -0.481 e. The van der Waals surface area contributed by atoms with E-state index in [1.165, 1.54) is 23.9 Å². The summed E-state index contributed by atoms with van der Waals surface area (Å²) in [6, 6.07) is 15.6. The summed E-state index contributed by atoms with van der Waals surface area (Å²) in [5.41, 5.74) is 0.958. The second kappa shape index (κ2) is 6.38. The summed E-state index contributed by atoms with van der Waals surface area (Å²) < 4.78 is 12.9. The SMILES string of the molecule is O=C(O)CC(Sc1ccc(F)cc1)c1ccccc1. The van der Waals surface area contributed by atoms with E-state index >= 15 is 0 Å². The van der Waals surface area contributed by atoms with Gasteiger partial charge in [-0.2, -0.15) is 0 Å². The van der Waals surface area contributed by atoms with Crippen molar-refractivity contribution in [3.8, 4) is 0 Å². The van der Waals surface area contributed by atoms with Crippen LogP contribution in [0.5, 0.6) is 0 Å².